The maximum atomic E-state index is 12.5. The van der Waals surface area contributed by atoms with E-state index in [-0.39, 0.29) is 30.1 Å². The van der Waals surface area contributed by atoms with E-state index in [2.05, 4.69) is 17.5 Å². The summed E-state index contributed by atoms with van der Waals surface area (Å²) in [6, 6.07) is 4.19. The smallest absolute Gasteiger partial charge is 0.222 e. The summed E-state index contributed by atoms with van der Waals surface area (Å²) in [5.74, 6) is 0.833. The molecule has 0 aromatic carbocycles. The highest BCUT2D eigenvalue weighted by Crippen LogP contribution is 2.54. The van der Waals surface area contributed by atoms with Gasteiger partial charge in [-0.2, -0.15) is 0 Å². The van der Waals surface area contributed by atoms with E-state index in [4.69, 9.17) is 4.74 Å². The van der Waals surface area contributed by atoms with E-state index < -0.39 is 0 Å². The van der Waals surface area contributed by atoms with Crippen LogP contribution in [0.4, 0.5) is 0 Å². The van der Waals surface area contributed by atoms with Gasteiger partial charge in [-0.1, -0.05) is 6.07 Å². The van der Waals surface area contributed by atoms with Crippen LogP contribution in [0.1, 0.15) is 30.6 Å². The van der Waals surface area contributed by atoms with E-state index >= 15 is 0 Å². The summed E-state index contributed by atoms with van der Waals surface area (Å²) in [6.45, 7) is 1.71. The monoisotopic (exact) mass is 321 g/mol. The molecular formula is C17H23NO3S. The maximum Gasteiger partial charge on any atom is 0.222 e. The van der Waals surface area contributed by atoms with E-state index in [1.54, 1.807) is 11.3 Å². The van der Waals surface area contributed by atoms with Gasteiger partial charge in [0.15, 0.2) is 0 Å². The zero-order valence-corrected chi connectivity index (χ0v) is 13.6. The third-order valence-corrected chi connectivity index (χ3v) is 6.68. The van der Waals surface area contributed by atoms with E-state index in [1.165, 1.54) is 4.88 Å². The molecule has 3 fully saturated rings. The van der Waals surface area contributed by atoms with Gasteiger partial charge in [0, 0.05) is 36.3 Å². The molecule has 3 saturated heterocycles. The van der Waals surface area contributed by atoms with Crippen molar-refractivity contribution in [1.29, 1.82) is 0 Å². The van der Waals surface area contributed by atoms with Crippen LogP contribution in [0.2, 0.25) is 0 Å². The van der Waals surface area contributed by atoms with Gasteiger partial charge in [-0.05, 0) is 37.1 Å². The van der Waals surface area contributed by atoms with Crippen molar-refractivity contribution in [3.05, 3.63) is 22.4 Å². The molecule has 120 valence electrons. The molecule has 4 heterocycles. The van der Waals surface area contributed by atoms with Crippen molar-refractivity contribution in [2.75, 3.05) is 19.7 Å². The summed E-state index contributed by atoms with van der Waals surface area (Å²) in [5.41, 5.74) is -0.137. The minimum absolute atomic E-state index is 0.137. The molecule has 1 N–H and O–H groups in total. The minimum Gasteiger partial charge on any atom is -0.396 e. The van der Waals surface area contributed by atoms with Crippen LogP contribution in [-0.4, -0.2) is 47.3 Å². The molecule has 0 radical (unpaired) electrons. The van der Waals surface area contributed by atoms with Gasteiger partial charge in [-0.15, -0.1) is 11.3 Å². The Kier molecular flexibility index (Phi) is 3.75. The van der Waals surface area contributed by atoms with Crippen LogP contribution in [-0.2, 0) is 16.0 Å². The fraction of sp³-hybridized carbons (Fsp3) is 0.706. The molecule has 4 rings (SSSR count). The first-order valence-electron chi connectivity index (χ1n) is 8.31. The minimum atomic E-state index is -0.137. The zero-order chi connectivity index (χ0) is 15.2. The van der Waals surface area contributed by atoms with Crippen molar-refractivity contribution in [1.82, 2.24) is 4.90 Å². The van der Waals surface area contributed by atoms with Crippen LogP contribution in [0, 0.1) is 11.8 Å². The van der Waals surface area contributed by atoms with Crippen LogP contribution in [0.3, 0.4) is 0 Å². The number of hydrogen-bond donors (Lipinski definition) is 1. The number of aliphatic hydroxyl groups is 1. The number of nitrogens with zero attached hydrogens (tertiary/aromatic N) is 1. The largest absolute Gasteiger partial charge is 0.396 e. The summed E-state index contributed by atoms with van der Waals surface area (Å²) in [6.07, 6.45) is 4.85. The number of thiophene rings is 1. The molecule has 0 saturated carbocycles. The number of likely N-dealkylation sites (tertiary alicyclic amines) is 1. The van der Waals surface area contributed by atoms with Crippen molar-refractivity contribution in [2.45, 2.75) is 43.8 Å². The molecule has 1 amide bonds. The Morgan fingerprint density at radius 3 is 3.23 bits per heavy atom. The molecule has 3 aliphatic heterocycles. The number of aliphatic hydroxyl groups excluding tert-OH is 1. The van der Waals surface area contributed by atoms with Crippen LogP contribution in [0.5, 0.6) is 0 Å². The Morgan fingerprint density at radius 1 is 1.55 bits per heavy atom. The molecule has 1 aromatic heterocycles. The predicted molar refractivity (Wildman–Crippen MR) is 84.7 cm³/mol. The van der Waals surface area contributed by atoms with Gasteiger partial charge in [0.1, 0.15) is 0 Å². The normalized spacial score (nSPS) is 36.0. The average Bonchev–Trinajstić information content (AvgIpc) is 3.26. The fourth-order valence-corrected chi connectivity index (χ4v) is 5.40. The Balaban J connectivity index is 1.33. The van der Waals surface area contributed by atoms with Crippen molar-refractivity contribution in [3.8, 4) is 0 Å². The Bertz CT molecular complexity index is 546. The fourth-order valence-electron chi connectivity index (χ4n) is 4.65. The van der Waals surface area contributed by atoms with Gasteiger partial charge in [0.25, 0.3) is 0 Å². The number of rotatable bonds is 5. The molecule has 5 heteroatoms. The van der Waals surface area contributed by atoms with Crippen LogP contribution < -0.4 is 0 Å². The molecule has 0 aliphatic carbocycles. The first-order valence-corrected chi connectivity index (χ1v) is 9.19. The van der Waals surface area contributed by atoms with E-state index in [0.29, 0.717) is 12.3 Å². The molecule has 0 unspecified atom stereocenters. The number of hydrogen-bond acceptors (Lipinski definition) is 4. The van der Waals surface area contributed by atoms with Gasteiger partial charge >= 0.3 is 0 Å². The summed E-state index contributed by atoms with van der Waals surface area (Å²) in [5, 5.41) is 11.7. The van der Waals surface area contributed by atoms with Crippen LogP contribution in [0.25, 0.3) is 0 Å². The second-order valence-corrected chi connectivity index (χ2v) is 7.95. The number of aryl methyl sites for hydroxylation is 1. The maximum absolute atomic E-state index is 12.5. The topological polar surface area (TPSA) is 49.8 Å². The molecular weight excluding hydrogens is 298 g/mol. The van der Waals surface area contributed by atoms with E-state index in [1.807, 2.05) is 4.90 Å². The summed E-state index contributed by atoms with van der Waals surface area (Å²) in [7, 11) is 0. The number of carbonyl (C=O) groups excluding carboxylic acids is 1. The quantitative estimate of drug-likeness (QED) is 0.903. The van der Waals surface area contributed by atoms with Gasteiger partial charge in [0.05, 0.1) is 18.2 Å². The molecule has 22 heavy (non-hydrogen) atoms. The Labute approximate surface area is 135 Å². The van der Waals surface area contributed by atoms with Crippen molar-refractivity contribution >= 4 is 17.2 Å². The van der Waals surface area contributed by atoms with E-state index in [9.17, 15) is 9.90 Å². The molecule has 3 aliphatic rings. The van der Waals surface area contributed by atoms with Crippen molar-refractivity contribution < 1.29 is 14.6 Å². The number of amides is 1. The lowest BCUT2D eigenvalue weighted by Crippen LogP contribution is -2.38. The molecule has 4 nitrogen and oxygen atoms in total. The summed E-state index contributed by atoms with van der Waals surface area (Å²) < 4.78 is 6.18. The third-order valence-electron chi connectivity index (χ3n) is 5.74. The zero-order valence-electron chi connectivity index (χ0n) is 12.7. The molecule has 4 atom stereocenters. The highest BCUT2D eigenvalue weighted by atomic mass is 32.1. The predicted octanol–water partition coefficient (Wildman–Crippen LogP) is 2.07. The third kappa shape index (κ3) is 2.30. The summed E-state index contributed by atoms with van der Waals surface area (Å²) >= 11 is 1.76. The first-order chi connectivity index (χ1) is 10.7. The van der Waals surface area contributed by atoms with Crippen LogP contribution >= 0.6 is 11.3 Å². The van der Waals surface area contributed by atoms with Gasteiger partial charge < -0.3 is 14.7 Å². The highest BCUT2D eigenvalue weighted by Gasteiger charge is 2.63. The standard InChI is InChI=1S/C17H23NO3S/c19-10-13-14-9-18(11-17(14)7-6-15(13)21-17)16(20)5-1-3-12-4-2-8-22-12/h2,4,8,13-15,19H,1,3,5-7,9-11H2/t13-,14+,15+,17+/m0/s1. The summed E-state index contributed by atoms with van der Waals surface area (Å²) in [4.78, 5) is 15.8. The van der Waals surface area contributed by atoms with Crippen molar-refractivity contribution in [3.63, 3.8) is 0 Å². The van der Waals surface area contributed by atoms with Crippen LogP contribution in [0.15, 0.2) is 17.5 Å². The number of fused-ring (bicyclic) bond motifs is 1. The SMILES string of the molecule is O=C(CCCc1cccs1)N1C[C@@H]2[C@H](CO)[C@H]3CC[C@]2(C1)O3. The molecule has 1 spiro atoms. The second-order valence-electron chi connectivity index (χ2n) is 6.92. The number of ether oxygens (including phenoxy) is 1. The molecule has 2 bridgehead atoms. The average molecular weight is 321 g/mol. The lowest BCUT2D eigenvalue weighted by molar-refractivity contribution is -0.131. The van der Waals surface area contributed by atoms with Gasteiger partial charge in [-0.25, -0.2) is 0 Å². The van der Waals surface area contributed by atoms with Crippen molar-refractivity contribution in [2.24, 2.45) is 11.8 Å². The van der Waals surface area contributed by atoms with E-state index in [0.717, 1.165) is 38.8 Å². The Morgan fingerprint density at radius 2 is 2.45 bits per heavy atom. The lowest BCUT2D eigenvalue weighted by Gasteiger charge is -2.27. The molecule has 1 aromatic rings. The lowest BCUT2D eigenvalue weighted by atomic mass is 9.74. The second kappa shape index (κ2) is 5.62. The van der Waals surface area contributed by atoms with Gasteiger partial charge in [0.2, 0.25) is 5.91 Å². The Hall–Kier alpha value is -0.910. The number of carbonyl (C=O) groups is 1. The highest BCUT2D eigenvalue weighted by molar-refractivity contribution is 7.09. The first kappa shape index (κ1) is 14.7. The van der Waals surface area contributed by atoms with Gasteiger partial charge in [-0.3, -0.25) is 4.79 Å².